The van der Waals surface area contributed by atoms with Crippen LogP contribution in [0.25, 0.3) is 5.78 Å². The lowest BCUT2D eigenvalue weighted by molar-refractivity contribution is 0.307. The largest absolute Gasteiger partial charge is 0.291 e. The van der Waals surface area contributed by atoms with Gasteiger partial charge in [-0.05, 0) is 29.3 Å². The number of fused-ring (bicyclic) bond motifs is 1. The van der Waals surface area contributed by atoms with E-state index in [0.717, 1.165) is 22.4 Å². The average Bonchev–Trinajstić information content (AvgIpc) is 3.20. The SMILES string of the molecule is c1cnc2nc(CSc3nnnn3C3CCCCC3)cn2c1. The van der Waals surface area contributed by atoms with Gasteiger partial charge in [0.25, 0.3) is 0 Å². The molecule has 0 unspecified atom stereocenters. The van der Waals surface area contributed by atoms with E-state index in [1.807, 2.05) is 27.5 Å². The summed E-state index contributed by atoms with van der Waals surface area (Å²) in [6.07, 6.45) is 11.9. The van der Waals surface area contributed by atoms with Gasteiger partial charge in [0.2, 0.25) is 10.9 Å². The van der Waals surface area contributed by atoms with Crippen molar-refractivity contribution in [2.75, 3.05) is 0 Å². The van der Waals surface area contributed by atoms with Crippen molar-refractivity contribution in [1.82, 2.24) is 34.6 Å². The molecule has 0 aliphatic heterocycles. The highest BCUT2D eigenvalue weighted by Crippen LogP contribution is 2.30. The molecule has 7 nitrogen and oxygen atoms in total. The van der Waals surface area contributed by atoms with E-state index in [1.54, 1.807) is 18.0 Å². The molecule has 8 heteroatoms. The van der Waals surface area contributed by atoms with Crippen molar-refractivity contribution in [3.05, 3.63) is 30.4 Å². The van der Waals surface area contributed by atoms with Crippen molar-refractivity contribution >= 4 is 17.5 Å². The third kappa shape index (κ3) is 2.70. The van der Waals surface area contributed by atoms with Crippen LogP contribution in [0.1, 0.15) is 43.8 Å². The van der Waals surface area contributed by atoms with E-state index in [-0.39, 0.29) is 0 Å². The fourth-order valence-corrected chi connectivity index (χ4v) is 3.75. The highest BCUT2D eigenvalue weighted by Gasteiger charge is 2.20. The van der Waals surface area contributed by atoms with Gasteiger partial charge >= 0.3 is 0 Å². The Morgan fingerprint density at radius 1 is 1.23 bits per heavy atom. The van der Waals surface area contributed by atoms with Crippen molar-refractivity contribution in [1.29, 1.82) is 0 Å². The predicted octanol–water partition coefficient (Wildman–Crippen LogP) is 2.51. The van der Waals surface area contributed by atoms with E-state index in [9.17, 15) is 0 Å². The maximum absolute atomic E-state index is 4.51. The molecule has 114 valence electrons. The number of nitrogens with zero attached hydrogens (tertiary/aromatic N) is 7. The minimum absolute atomic E-state index is 0.453. The topological polar surface area (TPSA) is 73.8 Å². The third-order valence-electron chi connectivity index (χ3n) is 4.02. The van der Waals surface area contributed by atoms with Gasteiger partial charge in [-0.1, -0.05) is 31.0 Å². The summed E-state index contributed by atoms with van der Waals surface area (Å²) < 4.78 is 3.93. The Bertz CT molecular complexity index is 726. The zero-order chi connectivity index (χ0) is 14.8. The number of hydrogen-bond acceptors (Lipinski definition) is 6. The summed E-state index contributed by atoms with van der Waals surface area (Å²) in [4.78, 5) is 8.74. The molecular weight excluding hydrogens is 298 g/mol. The Morgan fingerprint density at radius 3 is 3.00 bits per heavy atom. The van der Waals surface area contributed by atoms with E-state index in [2.05, 4.69) is 25.5 Å². The van der Waals surface area contributed by atoms with E-state index in [0.29, 0.717) is 6.04 Å². The molecule has 0 atom stereocenters. The first-order valence-electron chi connectivity index (χ1n) is 7.59. The first-order valence-corrected chi connectivity index (χ1v) is 8.58. The standard InChI is InChI=1S/C14H17N7S/c1-2-5-12(6-3-1)21-14(17-18-19-21)22-10-11-9-20-8-4-7-15-13(20)16-11/h4,7-9,12H,1-3,5-6,10H2. The lowest BCUT2D eigenvalue weighted by Gasteiger charge is -2.21. The maximum Gasteiger partial charge on any atom is 0.233 e. The van der Waals surface area contributed by atoms with E-state index < -0.39 is 0 Å². The van der Waals surface area contributed by atoms with E-state index >= 15 is 0 Å². The predicted molar refractivity (Wildman–Crippen MR) is 82.5 cm³/mol. The average molecular weight is 315 g/mol. The Morgan fingerprint density at radius 2 is 2.14 bits per heavy atom. The molecule has 1 aliphatic rings. The highest BCUT2D eigenvalue weighted by molar-refractivity contribution is 7.98. The van der Waals surface area contributed by atoms with Crippen molar-refractivity contribution in [3.63, 3.8) is 0 Å². The molecule has 4 rings (SSSR count). The quantitative estimate of drug-likeness (QED) is 0.689. The molecule has 0 amide bonds. The lowest BCUT2D eigenvalue weighted by atomic mass is 9.96. The van der Waals surface area contributed by atoms with Gasteiger partial charge < -0.3 is 0 Å². The van der Waals surface area contributed by atoms with Gasteiger partial charge in [0, 0.05) is 24.3 Å². The summed E-state index contributed by atoms with van der Waals surface area (Å²) in [6, 6.07) is 2.35. The molecule has 0 N–H and O–H groups in total. The molecule has 0 bridgehead atoms. The van der Waals surface area contributed by atoms with Gasteiger partial charge in [-0.15, -0.1) is 5.10 Å². The van der Waals surface area contributed by atoms with Crippen LogP contribution < -0.4 is 0 Å². The molecule has 1 aliphatic carbocycles. The van der Waals surface area contributed by atoms with Crippen LogP contribution in [0.2, 0.25) is 0 Å². The molecule has 22 heavy (non-hydrogen) atoms. The van der Waals surface area contributed by atoms with E-state index in [4.69, 9.17) is 0 Å². The van der Waals surface area contributed by atoms with Gasteiger partial charge in [-0.2, -0.15) is 0 Å². The molecule has 3 aromatic rings. The van der Waals surface area contributed by atoms with Crippen LogP contribution in [0.3, 0.4) is 0 Å². The number of rotatable bonds is 4. The number of thioether (sulfide) groups is 1. The zero-order valence-electron chi connectivity index (χ0n) is 12.2. The van der Waals surface area contributed by atoms with Gasteiger partial charge in [0.05, 0.1) is 11.7 Å². The molecule has 3 heterocycles. The monoisotopic (exact) mass is 315 g/mol. The van der Waals surface area contributed by atoms with Crippen LogP contribution in [0.4, 0.5) is 0 Å². The van der Waals surface area contributed by atoms with Gasteiger partial charge in [-0.25, -0.2) is 14.6 Å². The van der Waals surface area contributed by atoms with Crippen molar-refractivity contribution in [2.45, 2.75) is 49.1 Å². The zero-order valence-corrected chi connectivity index (χ0v) is 13.0. The Balaban J connectivity index is 1.48. The fraction of sp³-hybridized carbons (Fsp3) is 0.500. The smallest absolute Gasteiger partial charge is 0.233 e. The molecule has 0 radical (unpaired) electrons. The number of tetrazole rings is 1. The first-order chi connectivity index (χ1) is 10.9. The summed E-state index contributed by atoms with van der Waals surface area (Å²) >= 11 is 1.64. The Labute approximate surface area is 132 Å². The maximum atomic E-state index is 4.51. The van der Waals surface area contributed by atoms with Crippen LogP contribution in [0.5, 0.6) is 0 Å². The molecule has 1 fully saturated rings. The van der Waals surface area contributed by atoms with Crippen LogP contribution in [0.15, 0.2) is 29.8 Å². The first kappa shape index (κ1) is 13.7. The van der Waals surface area contributed by atoms with Gasteiger partial charge in [-0.3, -0.25) is 4.40 Å². The van der Waals surface area contributed by atoms with Crippen molar-refractivity contribution < 1.29 is 0 Å². The fourth-order valence-electron chi connectivity index (χ4n) is 2.92. The van der Waals surface area contributed by atoms with Gasteiger partial charge in [0.15, 0.2) is 0 Å². The molecule has 0 saturated heterocycles. The summed E-state index contributed by atoms with van der Waals surface area (Å²) in [6.45, 7) is 0. The highest BCUT2D eigenvalue weighted by atomic mass is 32.2. The Hall–Kier alpha value is -1.96. The summed E-state index contributed by atoms with van der Waals surface area (Å²) in [5.41, 5.74) is 0.988. The van der Waals surface area contributed by atoms with E-state index in [1.165, 1.54) is 32.1 Å². The number of hydrogen-bond donors (Lipinski definition) is 0. The second kappa shape index (κ2) is 6.04. The second-order valence-electron chi connectivity index (χ2n) is 5.55. The van der Waals surface area contributed by atoms with Gasteiger partial charge in [0.1, 0.15) is 0 Å². The molecule has 0 spiro atoms. The van der Waals surface area contributed by atoms with Crippen molar-refractivity contribution in [3.8, 4) is 0 Å². The number of aromatic nitrogens is 7. The van der Waals surface area contributed by atoms with Crippen LogP contribution >= 0.6 is 11.8 Å². The summed E-state index contributed by atoms with van der Waals surface area (Å²) in [7, 11) is 0. The van der Waals surface area contributed by atoms with Crippen LogP contribution in [-0.4, -0.2) is 34.6 Å². The second-order valence-corrected chi connectivity index (χ2v) is 6.49. The Kier molecular flexibility index (Phi) is 3.75. The van der Waals surface area contributed by atoms with Crippen LogP contribution in [0, 0.1) is 0 Å². The summed E-state index contributed by atoms with van der Waals surface area (Å²) in [5, 5.41) is 13.1. The van der Waals surface area contributed by atoms with Crippen LogP contribution in [-0.2, 0) is 5.75 Å². The number of imidazole rings is 1. The molecule has 1 saturated carbocycles. The minimum atomic E-state index is 0.453. The van der Waals surface area contributed by atoms with Crippen molar-refractivity contribution in [2.24, 2.45) is 0 Å². The molecule has 3 aromatic heterocycles. The molecule has 0 aromatic carbocycles. The third-order valence-corrected chi connectivity index (χ3v) is 4.98. The lowest BCUT2D eigenvalue weighted by Crippen LogP contribution is -2.15. The molecular formula is C14H17N7S. The summed E-state index contributed by atoms with van der Waals surface area (Å²) in [5.74, 6) is 1.47. The normalized spacial score (nSPS) is 16.4. The minimum Gasteiger partial charge on any atom is -0.291 e.